The third-order valence-electron chi connectivity index (χ3n) is 5.00. The van der Waals surface area contributed by atoms with Crippen molar-refractivity contribution in [2.75, 3.05) is 20.8 Å². The highest BCUT2D eigenvalue weighted by Crippen LogP contribution is 2.40. The third kappa shape index (κ3) is 5.41. The number of benzene rings is 2. The van der Waals surface area contributed by atoms with Crippen LogP contribution in [0.4, 0.5) is 0 Å². The van der Waals surface area contributed by atoms with Crippen molar-refractivity contribution >= 4 is 17.9 Å². The smallest absolute Gasteiger partial charge is 0.189 e. The maximum atomic E-state index is 13.1. The predicted molar refractivity (Wildman–Crippen MR) is 128 cm³/mol. The largest absolute Gasteiger partial charge is 0.496 e. The molecule has 1 heterocycles. The molecule has 0 saturated carbocycles. The average molecular weight is 435 g/mol. The number of fused-ring (bicyclic) bond motifs is 1. The molecule has 0 radical (unpaired) electrons. The highest BCUT2D eigenvalue weighted by molar-refractivity contribution is 6.09. The van der Waals surface area contributed by atoms with Crippen LogP contribution in [0.3, 0.4) is 0 Å². The van der Waals surface area contributed by atoms with Crippen molar-refractivity contribution in [3.8, 4) is 23.0 Å². The molecule has 0 unspecified atom stereocenters. The molecule has 0 atom stereocenters. The van der Waals surface area contributed by atoms with Gasteiger partial charge in [0.15, 0.2) is 17.3 Å². The molecule has 0 saturated heterocycles. The molecular formula is C27H30O5. The number of ketones is 1. The van der Waals surface area contributed by atoms with Crippen LogP contribution in [0.2, 0.25) is 0 Å². The van der Waals surface area contributed by atoms with Crippen LogP contribution in [-0.4, -0.2) is 32.2 Å². The summed E-state index contributed by atoms with van der Waals surface area (Å²) in [6.07, 6.45) is 9.19. The first kappa shape index (κ1) is 23.2. The fourth-order valence-electron chi connectivity index (χ4n) is 3.27. The highest BCUT2D eigenvalue weighted by Gasteiger charge is 2.27. The summed E-state index contributed by atoms with van der Waals surface area (Å²) in [5.41, 5.74) is 2.75. The second-order valence-electron chi connectivity index (χ2n) is 8.30. The molecule has 2 aromatic rings. The molecule has 0 spiro atoms. The van der Waals surface area contributed by atoms with Gasteiger partial charge in [0.1, 0.15) is 23.7 Å². The maximum Gasteiger partial charge on any atom is 0.189 e. The Morgan fingerprint density at radius 3 is 2.44 bits per heavy atom. The van der Waals surface area contributed by atoms with E-state index >= 15 is 0 Å². The molecule has 3 rings (SSSR count). The van der Waals surface area contributed by atoms with Gasteiger partial charge in [0, 0.05) is 0 Å². The summed E-state index contributed by atoms with van der Waals surface area (Å²) < 4.78 is 22.8. The van der Waals surface area contributed by atoms with E-state index in [1.54, 1.807) is 38.5 Å². The normalized spacial score (nSPS) is 13.8. The summed E-state index contributed by atoms with van der Waals surface area (Å²) in [4.78, 5) is 13.1. The Kier molecular flexibility index (Phi) is 7.08. The van der Waals surface area contributed by atoms with Crippen LogP contribution >= 0.6 is 0 Å². The highest BCUT2D eigenvalue weighted by atomic mass is 16.5. The van der Waals surface area contributed by atoms with E-state index in [0.717, 1.165) is 11.1 Å². The minimum absolute atomic E-state index is 0.155. The lowest BCUT2D eigenvalue weighted by molar-refractivity contribution is 0.103. The van der Waals surface area contributed by atoms with Crippen molar-refractivity contribution < 1.29 is 23.7 Å². The number of methoxy groups -OCH3 is 2. The van der Waals surface area contributed by atoms with Gasteiger partial charge in [-0.05, 0) is 81.8 Å². The zero-order valence-corrected chi connectivity index (χ0v) is 19.5. The van der Waals surface area contributed by atoms with E-state index in [1.165, 1.54) is 5.57 Å². The monoisotopic (exact) mass is 434 g/mol. The molecule has 0 fully saturated rings. The van der Waals surface area contributed by atoms with Crippen LogP contribution in [0, 0.1) is 0 Å². The van der Waals surface area contributed by atoms with Crippen molar-refractivity contribution in [1.29, 1.82) is 0 Å². The molecule has 32 heavy (non-hydrogen) atoms. The first-order valence-corrected chi connectivity index (χ1v) is 10.5. The molecule has 5 nitrogen and oxygen atoms in total. The first-order valence-electron chi connectivity index (χ1n) is 10.5. The van der Waals surface area contributed by atoms with Crippen molar-refractivity contribution in [3.63, 3.8) is 0 Å². The van der Waals surface area contributed by atoms with E-state index in [0.29, 0.717) is 35.2 Å². The number of rotatable bonds is 8. The van der Waals surface area contributed by atoms with Crippen molar-refractivity contribution in [3.05, 3.63) is 70.8 Å². The van der Waals surface area contributed by atoms with Gasteiger partial charge in [-0.15, -0.1) is 0 Å². The molecule has 2 aromatic carbocycles. The molecule has 1 aliphatic rings. The molecule has 0 N–H and O–H groups in total. The Hall–Kier alpha value is -3.47. The molecule has 168 valence electrons. The predicted octanol–water partition coefficient (Wildman–Crippen LogP) is 6.13. The molecule has 0 amide bonds. The van der Waals surface area contributed by atoms with Crippen LogP contribution in [0.5, 0.6) is 23.0 Å². The van der Waals surface area contributed by atoms with Gasteiger partial charge in [-0.3, -0.25) is 4.79 Å². The average Bonchev–Trinajstić information content (AvgIpc) is 2.75. The Morgan fingerprint density at radius 2 is 1.75 bits per heavy atom. The van der Waals surface area contributed by atoms with E-state index in [1.807, 2.05) is 64.1 Å². The second-order valence-corrected chi connectivity index (χ2v) is 8.30. The van der Waals surface area contributed by atoms with Crippen molar-refractivity contribution in [2.24, 2.45) is 0 Å². The number of hydrogen-bond donors (Lipinski definition) is 0. The van der Waals surface area contributed by atoms with E-state index in [2.05, 4.69) is 0 Å². The number of ether oxygens (including phenoxy) is 4. The van der Waals surface area contributed by atoms with Gasteiger partial charge in [0.05, 0.1) is 25.3 Å². The SMILES string of the molecule is COc1ccc(/C=C/C(=O)c2ccc(OC)c3c2OC(C)(C)C=C3)cc1OCC=C(C)C. The summed E-state index contributed by atoms with van der Waals surface area (Å²) >= 11 is 0. The fourth-order valence-corrected chi connectivity index (χ4v) is 3.27. The van der Waals surface area contributed by atoms with Crippen LogP contribution in [0.1, 0.15) is 49.2 Å². The second kappa shape index (κ2) is 9.77. The Bertz CT molecular complexity index is 1090. The maximum absolute atomic E-state index is 13.1. The van der Waals surface area contributed by atoms with Crippen LogP contribution < -0.4 is 18.9 Å². The van der Waals surface area contributed by atoms with Gasteiger partial charge >= 0.3 is 0 Å². The summed E-state index contributed by atoms with van der Waals surface area (Å²) in [7, 11) is 3.20. The van der Waals surface area contributed by atoms with E-state index < -0.39 is 5.60 Å². The van der Waals surface area contributed by atoms with Gasteiger partial charge in [-0.2, -0.15) is 0 Å². The van der Waals surface area contributed by atoms with Crippen LogP contribution in [0.15, 0.2) is 54.1 Å². The lowest BCUT2D eigenvalue weighted by atomic mass is 9.97. The Balaban J connectivity index is 1.87. The molecular weight excluding hydrogens is 404 g/mol. The quantitative estimate of drug-likeness (QED) is 0.284. The molecule has 5 heteroatoms. The first-order chi connectivity index (χ1) is 15.2. The van der Waals surface area contributed by atoms with Crippen LogP contribution in [-0.2, 0) is 0 Å². The summed E-state index contributed by atoms with van der Waals surface area (Å²) in [5, 5.41) is 0. The zero-order valence-electron chi connectivity index (χ0n) is 19.5. The topological polar surface area (TPSA) is 54.0 Å². The summed E-state index contributed by atoms with van der Waals surface area (Å²) in [6.45, 7) is 8.38. The zero-order chi connectivity index (χ0) is 23.3. The lowest BCUT2D eigenvalue weighted by Crippen LogP contribution is -2.28. The van der Waals surface area contributed by atoms with Gasteiger partial charge < -0.3 is 18.9 Å². The fraction of sp³-hybridized carbons (Fsp3) is 0.296. The van der Waals surface area contributed by atoms with E-state index in [9.17, 15) is 4.79 Å². The standard InChI is InChI=1S/C27H30O5/c1-18(2)14-16-31-25-17-19(8-11-24(25)30-6)7-10-22(28)20-9-12-23(29-5)21-13-15-27(3,4)32-26(20)21/h7-15,17H,16H2,1-6H3/b10-7+. The van der Waals surface area contributed by atoms with Gasteiger partial charge in [-0.1, -0.05) is 17.7 Å². The summed E-state index contributed by atoms with van der Waals surface area (Å²) in [5.74, 6) is 2.31. The Labute approximate surface area is 190 Å². The number of allylic oxidation sites excluding steroid dienone is 2. The molecule has 1 aliphatic heterocycles. The van der Waals surface area contributed by atoms with Crippen molar-refractivity contribution in [1.82, 2.24) is 0 Å². The van der Waals surface area contributed by atoms with E-state index in [4.69, 9.17) is 18.9 Å². The summed E-state index contributed by atoms with van der Waals surface area (Å²) in [6, 6.07) is 9.08. The van der Waals surface area contributed by atoms with Crippen molar-refractivity contribution in [2.45, 2.75) is 33.3 Å². The van der Waals surface area contributed by atoms with Crippen LogP contribution in [0.25, 0.3) is 12.2 Å². The Morgan fingerprint density at radius 1 is 1.03 bits per heavy atom. The number of carbonyl (C=O) groups is 1. The molecule has 0 aliphatic carbocycles. The molecule has 0 bridgehead atoms. The number of hydrogen-bond acceptors (Lipinski definition) is 5. The van der Waals surface area contributed by atoms with Gasteiger partial charge in [0.25, 0.3) is 0 Å². The van der Waals surface area contributed by atoms with Gasteiger partial charge in [0.2, 0.25) is 0 Å². The van der Waals surface area contributed by atoms with Gasteiger partial charge in [-0.25, -0.2) is 0 Å². The lowest BCUT2D eigenvalue weighted by Gasteiger charge is -2.29. The molecule has 0 aromatic heterocycles. The third-order valence-corrected chi connectivity index (χ3v) is 5.00. The number of carbonyl (C=O) groups excluding carboxylic acids is 1. The van der Waals surface area contributed by atoms with E-state index in [-0.39, 0.29) is 5.78 Å². The minimum atomic E-state index is -0.508. The minimum Gasteiger partial charge on any atom is -0.496 e.